The van der Waals surface area contributed by atoms with Gasteiger partial charge in [0.15, 0.2) is 0 Å². The highest BCUT2D eigenvalue weighted by Crippen LogP contribution is 2.40. The molecule has 2 atom stereocenters. The van der Waals surface area contributed by atoms with Crippen LogP contribution in [0, 0.1) is 11.6 Å². The number of hydrogen-bond donors (Lipinski definition) is 1. The van der Waals surface area contributed by atoms with Crippen LogP contribution in [-0.2, 0) is 9.09 Å². The van der Waals surface area contributed by atoms with Gasteiger partial charge in [-0.15, -0.1) is 0 Å². The molecule has 2 aromatic rings. The summed E-state index contributed by atoms with van der Waals surface area (Å²) in [6.07, 6.45) is 0. The average Bonchev–Trinajstić information content (AvgIpc) is 2.47. The van der Waals surface area contributed by atoms with Gasteiger partial charge in [-0.25, -0.2) is 8.78 Å². The SMILES string of the molecule is COP(C)(=O)c1ccc(C(N)c2ccc(F)cc2F)cc1. The third-order valence-corrected chi connectivity index (χ3v) is 5.30. The summed E-state index contributed by atoms with van der Waals surface area (Å²) in [5, 5.41) is 0.556. The zero-order valence-electron chi connectivity index (χ0n) is 11.7. The van der Waals surface area contributed by atoms with Crippen LogP contribution in [0.25, 0.3) is 0 Å². The zero-order chi connectivity index (χ0) is 15.6. The van der Waals surface area contributed by atoms with E-state index in [-0.39, 0.29) is 5.56 Å². The molecule has 112 valence electrons. The van der Waals surface area contributed by atoms with E-state index in [0.29, 0.717) is 10.9 Å². The van der Waals surface area contributed by atoms with Crippen molar-refractivity contribution in [2.45, 2.75) is 6.04 Å². The molecule has 0 saturated carbocycles. The number of nitrogens with two attached hydrogens (primary N) is 1. The van der Waals surface area contributed by atoms with Crippen molar-refractivity contribution in [3.63, 3.8) is 0 Å². The van der Waals surface area contributed by atoms with Crippen molar-refractivity contribution < 1.29 is 17.9 Å². The van der Waals surface area contributed by atoms with E-state index < -0.39 is 25.0 Å². The van der Waals surface area contributed by atoms with Gasteiger partial charge in [-0.3, -0.25) is 4.57 Å². The third kappa shape index (κ3) is 3.38. The lowest BCUT2D eigenvalue weighted by atomic mass is 9.99. The van der Waals surface area contributed by atoms with Gasteiger partial charge in [-0.05, 0) is 23.8 Å². The maximum atomic E-state index is 13.7. The van der Waals surface area contributed by atoms with E-state index in [4.69, 9.17) is 10.3 Å². The summed E-state index contributed by atoms with van der Waals surface area (Å²) in [6.45, 7) is 1.52. The molecule has 0 aliphatic rings. The maximum Gasteiger partial charge on any atom is 0.228 e. The van der Waals surface area contributed by atoms with Crippen molar-refractivity contribution in [1.82, 2.24) is 0 Å². The minimum Gasteiger partial charge on any atom is -0.329 e. The zero-order valence-corrected chi connectivity index (χ0v) is 12.6. The number of halogens is 2. The molecule has 2 aromatic carbocycles. The largest absolute Gasteiger partial charge is 0.329 e. The Morgan fingerprint density at radius 3 is 2.29 bits per heavy atom. The molecule has 2 N–H and O–H groups in total. The lowest BCUT2D eigenvalue weighted by molar-refractivity contribution is 0.408. The molecule has 0 amide bonds. The van der Waals surface area contributed by atoms with Gasteiger partial charge in [-0.2, -0.15) is 0 Å². The van der Waals surface area contributed by atoms with Crippen LogP contribution in [0.1, 0.15) is 17.2 Å². The molecule has 0 aliphatic heterocycles. The molecule has 21 heavy (non-hydrogen) atoms. The molecule has 0 fully saturated rings. The Hall–Kier alpha value is -1.55. The standard InChI is InChI=1S/C15H16F2NO2P/c1-20-21(2,19)12-6-3-10(4-7-12)15(18)13-8-5-11(16)9-14(13)17/h3-9,15H,18H2,1-2H3. The van der Waals surface area contributed by atoms with Crippen LogP contribution in [0.15, 0.2) is 42.5 Å². The summed E-state index contributed by atoms with van der Waals surface area (Å²) in [4.78, 5) is 0. The topological polar surface area (TPSA) is 52.3 Å². The van der Waals surface area contributed by atoms with Crippen molar-refractivity contribution in [1.29, 1.82) is 0 Å². The van der Waals surface area contributed by atoms with Crippen molar-refractivity contribution in [2.75, 3.05) is 13.8 Å². The first-order valence-corrected chi connectivity index (χ1v) is 8.36. The van der Waals surface area contributed by atoms with Crippen LogP contribution >= 0.6 is 7.37 Å². The van der Waals surface area contributed by atoms with E-state index in [1.807, 2.05) is 0 Å². The predicted octanol–water partition coefficient (Wildman–Crippen LogP) is 3.19. The summed E-state index contributed by atoms with van der Waals surface area (Å²) >= 11 is 0. The Balaban J connectivity index is 2.32. The van der Waals surface area contributed by atoms with E-state index in [0.717, 1.165) is 12.1 Å². The fraction of sp³-hybridized carbons (Fsp3) is 0.200. The van der Waals surface area contributed by atoms with E-state index >= 15 is 0 Å². The van der Waals surface area contributed by atoms with Crippen molar-refractivity contribution in [3.05, 3.63) is 65.2 Å². The Labute approximate surface area is 122 Å². The van der Waals surface area contributed by atoms with Gasteiger partial charge in [0, 0.05) is 30.7 Å². The smallest absolute Gasteiger partial charge is 0.228 e. The fourth-order valence-electron chi connectivity index (χ4n) is 1.99. The molecule has 0 aliphatic carbocycles. The van der Waals surface area contributed by atoms with Gasteiger partial charge >= 0.3 is 0 Å². The quantitative estimate of drug-likeness (QED) is 0.882. The second-order valence-corrected chi connectivity index (χ2v) is 7.34. The number of rotatable bonds is 4. The minimum atomic E-state index is -2.83. The average molecular weight is 311 g/mol. The van der Waals surface area contributed by atoms with Crippen molar-refractivity contribution in [3.8, 4) is 0 Å². The molecule has 0 aromatic heterocycles. The van der Waals surface area contributed by atoms with Gasteiger partial charge in [-0.1, -0.05) is 18.2 Å². The van der Waals surface area contributed by atoms with E-state index in [2.05, 4.69) is 0 Å². The second-order valence-electron chi connectivity index (χ2n) is 4.76. The van der Waals surface area contributed by atoms with Gasteiger partial charge in [0.05, 0.1) is 6.04 Å². The third-order valence-electron chi connectivity index (χ3n) is 3.37. The highest BCUT2D eigenvalue weighted by Gasteiger charge is 2.19. The number of hydrogen-bond acceptors (Lipinski definition) is 3. The van der Waals surface area contributed by atoms with Crippen LogP contribution in [-0.4, -0.2) is 13.8 Å². The molecule has 0 heterocycles. The van der Waals surface area contributed by atoms with Gasteiger partial charge < -0.3 is 10.3 Å². The summed E-state index contributed by atoms with van der Waals surface area (Å²) in [5.74, 6) is -1.34. The summed E-state index contributed by atoms with van der Waals surface area (Å²) < 4.78 is 43.7. The molecule has 2 rings (SSSR count). The molecular weight excluding hydrogens is 295 g/mol. The van der Waals surface area contributed by atoms with E-state index in [1.54, 1.807) is 24.3 Å². The first-order chi connectivity index (χ1) is 9.85. The van der Waals surface area contributed by atoms with Crippen molar-refractivity contribution >= 4 is 12.7 Å². The molecule has 6 heteroatoms. The highest BCUT2D eigenvalue weighted by atomic mass is 31.2. The van der Waals surface area contributed by atoms with Crippen molar-refractivity contribution in [2.24, 2.45) is 5.73 Å². The summed E-state index contributed by atoms with van der Waals surface area (Å²) in [6, 6.07) is 9.17. The van der Waals surface area contributed by atoms with E-state index in [1.165, 1.54) is 19.8 Å². The van der Waals surface area contributed by atoms with Gasteiger partial charge in [0.25, 0.3) is 0 Å². The predicted molar refractivity (Wildman–Crippen MR) is 79.0 cm³/mol. The van der Waals surface area contributed by atoms with Gasteiger partial charge in [0.1, 0.15) is 11.6 Å². The Kier molecular flexibility index (Phi) is 4.57. The van der Waals surface area contributed by atoms with E-state index in [9.17, 15) is 13.3 Å². The lowest BCUT2D eigenvalue weighted by Gasteiger charge is -2.15. The van der Waals surface area contributed by atoms with Crippen LogP contribution in [0.3, 0.4) is 0 Å². The molecule has 3 nitrogen and oxygen atoms in total. The molecule has 0 saturated heterocycles. The molecule has 2 unspecified atom stereocenters. The molecule has 0 radical (unpaired) electrons. The van der Waals surface area contributed by atoms with Crippen LogP contribution < -0.4 is 11.0 Å². The maximum absolute atomic E-state index is 13.7. The first kappa shape index (κ1) is 15.8. The Bertz CT molecular complexity index is 689. The Morgan fingerprint density at radius 2 is 1.76 bits per heavy atom. The fourth-order valence-corrected chi connectivity index (χ4v) is 2.89. The first-order valence-electron chi connectivity index (χ1n) is 6.29. The second kappa shape index (κ2) is 6.06. The lowest BCUT2D eigenvalue weighted by Crippen LogP contribution is -2.15. The van der Waals surface area contributed by atoms with Gasteiger partial charge in [0.2, 0.25) is 7.37 Å². The normalized spacial score (nSPS) is 15.5. The summed E-state index contributed by atoms with van der Waals surface area (Å²) in [5.41, 5.74) is 6.84. The van der Waals surface area contributed by atoms with Crippen LogP contribution in [0.4, 0.5) is 8.78 Å². The molecular formula is C15H16F2NO2P. The van der Waals surface area contributed by atoms with Crippen LogP contribution in [0.2, 0.25) is 0 Å². The number of benzene rings is 2. The molecule has 0 bridgehead atoms. The summed E-state index contributed by atoms with van der Waals surface area (Å²) in [7, 11) is -1.45. The minimum absolute atomic E-state index is 0.204. The molecule has 0 spiro atoms. The Morgan fingerprint density at radius 1 is 1.14 bits per heavy atom. The monoisotopic (exact) mass is 311 g/mol. The highest BCUT2D eigenvalue weighted by molar-refractivity contribution is 7.66. The van der Waals surface area contributed by atoms with Crippen LogP contribution in [0.5, 0.6) is 0 Å².